The highest BCUT2D eigenvalue weighted by Gasteiger charge is 2.28. The Kier molecular flexibility index (Phi) is 5.45. The molecule has 1 heterocycles. The molecule has 1 atom stereocenters. The highest BCUT2D eigenvalue weighted by Crippen LogP contribution is 2.35. The van der Waals surface area contributed by atoms with Crippen LogP contribution in [0, 0.1) is 0 Å². The van der Waals surface area contributed by atoms with Crippen molar-refractivity contribution >= 4 is 17.8 Å². The maximum absolute atomic E-state index is 12.5. The van der Waals surface area contributed by atoms with E-state index in [1.54, 1.807) is 45.2 Å². The number of rotatable bonds is 6. The summed E-state index contributed by atoms with van der Waals surface area (Å²) in [6, 6.07) is 12.1. The molecule has 1 aliphatic rings. The number of benzene rings is 2. The van der Waals surface area contributed by atoms with Crippen molar-refractivity contribution in [3.8, 4) is 17.2 Å². The third-order valence-corrected chi connectivity index (χ3v) is 3.99. The molecule has 0 spiro atoms. The molecule has 0 fully saturated rings. The van der Waals surface area contributed by atoms with E-state index in [2.05, 4.69) is 0 Å². The van der Waals surface area contributed by atoms with Crippen LogP contribution in [-0.4, -0.2) is 31.6 Å². The second-order valence-electron chi connectivity index (χ2n) is 5.88. The van der Waals surface area contributed by atoms with Gasteiger partial charge in [-0.1, -0.05) is 12.1 Å². The van der Waals surface area contributed by atoms with Gasteiger partial charge in [-0.25, -0.2) is 4.79 Å². The van der Waals surface area contributed by atoms with Gasteiger partial charge in [0.1, 0.15) is 17.2 Å². The minimum absolute atomic E-state index is 0.203. The fraction of sp³-hybridized carbons (Fsp3) is 0.238. The lowest BCUT2D eigenvalue weighted by Gasteiger charge is -2.13. The Bertz CT molecular complexity index is 882. The lowest BCUT2D eigenvalue weighted by atomic mass is 10.1. The highest BCUT2D eigenvalue weighted by molar-refractivity contribution is 6.14. The molecule has 0 N–H and O–H groups in total. The van der Waals surface area contributed by atoms with E-state index in [1.165, 1.54) is 0 Å². The van der Waals surface area contributed by atoms with Crippen LogP contribution in [0.2, 0.25) is 0 Å². The van der Waals surface area contributed by atoms with Crippen LogP contribution in [0.4, 0.5) is 0 Å². The molecule has 0 bridgehead atoms. The summed E-state index contributed by atoms with van der Waals surface area (Å²) in [6.45, 7) is 3.62. The normalized spacial score (nSPS) is 15.1. The lowest BCUT2D eigenvalue weighted by Crippen LogP contribution is -2.26. The van der Waals surface area contributed by atoms with Gasteiger partial charge in [-0.15, -0.1) is 0 Å². The molecule has 2 aromatic rings. The first-order chi connectivity index (χ1) is 13.0. The molecule has 0 saturated heterocycles. The largest absolute Gasteiger partial charge is 0.497 e. The van der Waals surface area contributed by atoms with Crippen LogP contribution in [0.3, 0.4) is 0 Å². The summed E-state index contributed by atoms with van der Waals surface area (Å²) in [5.74, 6) is 1.13. The Morgan fingerprint density at radius 3 is 2.52 bits per heavy atom. The van der Waals surface area contributed by atoms with Crippen molar-refractivity contribution in [1.29, 1.82) is 0 Å². The molecule has 0 saturated carbocycles. The average molecular weight is 368 g/mol. The van der Waals surface area contributed by atoms with E-state index >= 15 is 0 Å². The topological polar surface area (TPSA) is 71.1 Å². The van der Waals surface area contributed by atoms with Crippen LogP contribution >= 0.6 is 0 Å². The molecule has 1 aliphatic heterocycles. The maximum atomic E-state index is 12.5. The third-order valence-electron chi connectivity index (χ3n) is 3.99. The van der Waals surface area contributed by atoms with Crippen LogP contribution in [0.15, 0.2) is 48.2 Å². The van der Waals surface area contributed by atoms with E-state index in [9.17, 15) is 9.59 Å². The standard InChI is InChI=1S/C21H20O6/c1-4-25-21(23)13(2)26-16-9-10-17-18(12-16)27-19(20(17)22)11-14-5-7-15(24-3)8-6-14/h5-13H,4H2,1-3H3/t13-/m1/s1. The Hall–Kier alpha value is -3.28. The van der Waals surface area contributed by atoms with Crippen molar-refractivity contribution in [2.75, 3.05) is 13.7 Å². The molecule has 0 aliphatic carbocycles. The quantitative estimate of drug-likeness (QED) is 0.573. The van der Waals surface area contributed by atoms with Gasteiger partial charge in [0, 0.05) is 6.07 Å². The van der Waals surface area contributed by atoms with Crippen molar-refractivity contribution in [2.45, 2.75) is 20.0 Å². The molecule has 0 unspecified atom stereocenters. The summed E-state index contributed by atoms with van der Waals surface area (Å²) in [5, 5.41) is 0. The number of fused-ring (bicyclic) bond motifs is 1. The number of hydrogen-bond donors (Lipinski definition) is 0. The number of hydrogen-bond acceptors (Lipinski definition) is 6. The van der Waals surface area contributed by atoms with Crippen molar-refractivity contribution in [3.63, 3.8) is 0 Å². The van der Waals surface area contributed by atoms with Crippen molar-refractivity contribution in [2.24, 2.45) is 0 Å². The zero-order chi connectivity index (χ0) is 19.4. The Balaban J connectivity index is 1.76. The van der Waals surface area contributed by atoms with Crippen LogP contribution < -0.4 is 14.2 Å². The van der Waals surface area contributed by atoms with Gasteiger partial charge < -0.3 is 18.9 Å². The van der Waals surface area contributed by atoms with Crippen LogP contribution in [-0.2, 0) is 9.53 Å². The van der Waals surface area contributed by atoms with Crippen LogP contribution in [0.25, 0.3) is 6.08 Å². The van der Waals surface area contributed by atoms with Gasteiger partial charge in [0.05, 0.1) is 19.3 Å². The monoisotopic (exact) mass is 368 g/mol. The molecular weight excluding hydrogens is 348 g/mol. The van der Waals surface area contributed by atoms with Gasteiger partial charge in [-0.3, -0.25) is 4.79 Å². The number of carbonyl (C=O) groups is 2. The molecular formula is C21H20O6. The Morgan fingerprint density at radius 1 is 1.15 bits per heavy atom. The van der Waals surface area contributed by atoms with E-state index in [4.69, 9.17) is 18.9 Å². The lowest BCUT2D eigenvalue weighted by molar-refractivity contribution is -0.150. The first-order valence-electron chi connectivity index (χ1n) is 8.57. The zero-order valence-corrected chi connectivity index (χ0v) is 15.4. The molecule has 0 aromatic heterocycles. The van der Waals surface area contributed by atoms with E-state index in [0.29, 0.717) is 17.1 Å². The molecule has 140 valence electrons. The number of Topliss-reactive ketones (excluding diaryl/α,β-unsaturated/α-hetero) is 1. The van der Waals surface area contributed by atoms with Crippen LogP contribution in [0.1, 0.15) is 29.8 Å². The molecule has 3 rings (SSSR count). The van der Waals surface area contributed by atoms with Crippen molar-refractivity contribution in [1.82, 2.24) is 0 Å². The summed E-state index contributed by atoms with van der Waals surface area (Å²) in [7, 11) is 1.59. The second kappa shape index (κ2) is 7.95. The average Bonchev–Trinajstić information content (AvgIpc) is 2.97. The Morgan fingerprint density at radius 2 is 1.85 bits per heavy atom. The third kappa shape index (κ3) is 4.11. The fourth-order valence-corrected chi connectivity index (χ4v) is 2.60. The van der Waals surface area contributed by atoms with E-state index in [-0.39, 0.29) is 18.1 Å². The van der Waals surface area contributed by atoms with Gasteiger partial charge in [-0.05, 0) is 49.8 Å². The molecule has 0 amide bonds. The van der Waals surface area contributed by atoms with Crippen LogP contribution in [0.5, 0.6) is 17.2 Å². The summed E-state index contributed by atoms with van der Waals surface area (Å²) in [5.41, 5.74) is 1.27. The summed E-state index contributed by atoms with van der Waals surface area (Å²) in [6.07, 6.45) is 0.915. The zero-order valence-electron chi connectivity index (χ0n) is 15.4. The van der Waals surface area contributed by atoms with Crippen molar-refractivity contribution < 1.29 is 28.5 Å². The van der Waals surface area contributed by atoms with E-state index in [0.717, 1.165) is 11.3 Å². The smallest absolute Gasteiger partial charge is 0.347 e. The number of methoxy groups -OCH3 is 1. The summed E-state index contributed by atoms with van der Waals surface area (Å²) < 4.78 is 21.3. The molecule has 6 nitrogen and oxygen atoms in total. The number of ether oxygens (including phenoxy) is 4. The minimum Gasteiger partial charge on any atom is -0.497 e. The molecule has 6 heteroatoms. The first-order valence-corrected chi connectivity index (χ1v) is 8.57. The summed E-state index contributed by atoms with van der Waals surface area (Å²) >= 11 is 0. The summed E-state index contributed by atoms with van der Waals surface area (Å²) in [4.78, 5) is 24.2. The van der Waals surface area contributed by atoms with E-state index in [1.807, 2.05) is 24.3 Å². The highest BCUT2D eigenvalue weighted by atomic mass is 16.6. The SMILES string of the molecule is CCOC(=O)[C@@H](C)Oc1ccc2c(c1)OC(=Cc1ccc(OC)cc1)C2=O. The molecule has 2 aromatic carbocycles. The predicted octanol–water partition coefficient (Wildman–Crippen LogP) is 3.64. The fourth-order valence-electron chi connectivity index (χ4n) is 2.60. The van der Waals surface area contributed by atoms with Gasteiger partial charge >= 0.3 is 5.97 Å². The molecule has 27 heavy (non-hydrogen) atoms. The van der Waals surface area contributed by atoms with E-state index < -0.39 is 12.1 Å². The van der Waals surface area contributed by atoms with Gasteiger partial charge in [0.2, 0.25) is 5.78 Å². The maximum Gasteiger partial charge on any atom is 0.347 e. The number of ketones is 1. The van der Waals surface area contributed by atoms with Gasteiger partial charge in [0.15, 0.2) is 11.9 Å². The molecule has 0 radical (unpaired) electrons. The number of carbonyl (C=O) groups excluding carboxylic acids is 2. The first kappa shape index (κ1) is 18.5. The predicted molar refractivity (Wildman–Crippen MR) is 99.1 cm³/mol. The number of allylic oxidation sites excluding steroid dienone is 1. The van der Waals surface area contributed by atoms with Gasteiger partial charge in [0.25, 0.3) is 0 Å². The minimum atomic E-state index is -0.755. The number of esters is 1. The Labute approximate surface area is 157 Å². The van der Waals surface area contributed by atoms with Crippen molar-refractivity contribution in [3.05, 3.63) is 59.4 Å². The van der Waals surface area contributed by atoms with Gasteiger partial charge in [-0.2, -0.15) is 0 Å². The second-order valence-corrected chi connectivity index (χ2v) is 5.88.